The van der Waals surface area contributed by atoms with Crippen LogP contribution in [-0.2, 0) is 0 Å². The van der Waals surface area contributed by atoms with Crippen molar-refractivity contribution in [3.63, 3.8) is 0 Å². The lowest BCUT2D eigenvalue weighted by Crippen LogP contribution is -2.23. The number of carbonyl (C=O) groups is 1. The summed E-state index contributed by atoms with van der Waals surface area (Å²) in [5.74, 6) is -0.330. The van der Waals surface area contributed by atoms with Crippen LogP contribution in [-0.4, -0.2) is 6.03 Å². The molecule has 0 atom stereocenters. The number of urea groups is 1. The molecule has 2 amide bonds. The van der Waals surface area contributed by atoms with E-state index in [2.05, 4.69) is 10.6 Å². The van der Waals surface area contributed by atoms with Crippen molar-refractivity contribution in [1.82, 2.24) is 5.32 Å². The van der Waals surface area contributed by atoms with Gasteiger partial charge in [-0.3, -0.25) is 0 Å². The fourth-order valence-corrected chi connectivity index (χ4v) is 1.51. The highest BCUT2D eigenvalue weighted by Crippen LogP contribution is 2.07. The molecular formula is C15H13FN2O. The van der Waals surface area contributed by atoms with Crippen molar-refractivity contribution in [3.05, 3.63) is 72.2 Å². The summed E-state index contributed by atoms with van der Waals surface area (Å²) in [6.45, 7) is 0. The van der Waals surface area contributed by atoms with Crippen LogP contribution in [0, 0.1) is 5.82 Å². The average molecular weight is 256 g/mol. The second-order valence-corrected chi connectivity index (χ2v) is 3.82. The van der Waals surface area contributed by atoms with Crippen molar-refractivity contribution in [3.8, 4) is 0 Å². The first-order chi connectivity index (χ1) is 9.25. The van der Waals surface area contributed by atoms with Crippen LogP contribution in [0.3, 0.4) is 0 Å². The first-order valence-corrected chi connectivity index (χ1v) is 5.79. The maximum atomic E-state index is 13.3. The van der Waals surface area contributed by atoms with E-state index >= 15 is 0 Å². The van der Waals surface area contributed by atoms with E-state index < -0.39 is 0 Å². The Hall–Kier alpha value is -2.62. The molecular weight excluding hydrogens is 243 g/mol. The SMILES string of the molecule is O=C(N/C=C/c1ccccc1F)Nc1ccccc1. The normalized spacial score (nSPS) is 10.4. The lowest BCUT2D eigenvalue weighted by Gasteiger charge is -2.03. The van der Waals surface area contributed by atoms with E-state index in [1.54, 1.807) is 30.3 Å². The number of halogens is 1. The zero-order chi connectivity index (χ0) is 13.5. The third kappa shape index (κ3) is 3.96. The summed E-state index contributed by atoms with van der Waals surface area (Å²) in [6, 6.07) is 15.0. The van der Waals surface area contributed by atoms with Crippen LogP contribution in [0.25, 0.3) is 6.08 Å². The molecule has 0 unspecified atom stereocenters. The van der Waals surface area contributed by atoms with Gasteiger partial charge in [0.15, 0.2) is 0 Å². The van der Waals surface area contributed by atoms with Gasteiger partial charge in [-0.05, 0) is 24.3 Å². The first-order valence-electron chi connectivity index (χ1n) is 5.79. The van der Waals surface area contributed by atoms with Gasteiger partial charge in [-0.25, -0.2) is 9.18 Å². The topological polar surface area (TPSA) is 41.1 Å². The van der Waals surface area contributed by atoms with Crippen LogP contribution in [0.2, 0.25) is 0 Å². The van der Waals surface area contributed by atoms with Crippen molar-refractivity contribution < 1.29 is 9.18 Å². The number of anilines is 1. The molecule has 0 saturated carbocycles. The van der Waals surface area contributed by atoms with Crippen molar-refractivity contribution >= 4 is 17.8 Å². The molecule has 96 valence electrons. The molecule has 0 fully saturated rings. The first kappa shape index (κ1) is 12.8. The van der Waals surface area contributed by atoms with Gasteiger partial charge in [0, 0.05) is 17.5 Å². The maximum Gasteiger partial charge on any atom is 0.323 e. The minimum absolute atomic E-state index is 0.330. The monoisotopic (exact) mass is 256 g/mol. The van der Waals surface area contributed by atoms with Crippen LogP contribution >= 0.6 is 0 Å². The van der Waals surface area contributed by atoms with Crippen LogP contribution in [0.1, 0.15) is 5.56 Å². The zero-order valence-corrected chi connectivity index (χ0v) is 10.1. The highest BCUT2D eigenvalue weighted by Gasteiger charge is 1.98. The molecule has 2 rings (SSSR count). The Morgan fingerprint density at radius 1 is 1.00 bits per heavy atom. The quantitative estimate of drug-likeness (QED) is 0.865. The molecule has 0 radical (unpaired) electrons. The third-order valence-electron chi connectivity index (χ3n) is 2.41. The van der Waals surface area contributed by atoms with E-state index in [1.807, 2.05) is 18.2 Å². The van der Waals surface area contributed by atoms with Gasteiger partial charge in [0.2, 0.25) is 0 Å². The fraction of sp³-hybridized carbons (Fsp3) is 0. The van der Waals surface area contributed by atoms with E-state index in [4.69, 9.17) is 0 Å². The summed E-state index contributed by atoms with van der Waals surface area (Å²) in [6.07, 6.45) is 2.90. The van der Waals surface area contributed by atoms with E-state index in [-0.39, 0.29) is 11.8 Å². The second kappa shape index (κ2) is 6.35. The Kier molecular flexibility index (Phi) is 4.29. The average Bonchev–Trinajstić information content (AvgIpc) is 2.42. The van der Waals surface area contributed by atoms with E-state index in [0.717, 1.165) is 0 Å². The third-order valence-corrected chi connectivity index (χ3v) is 2.41. The van der Waals surface area contributed by atoms with E-state index in [0.29, 0.717) is 11.3 Å². The van der Waals surface area contributed by atoms with Crippen LogP contribution in [0.15, 0.2) is 60.8 Å². The van der Waals surface area contributed by atoms with Crippen molar-refractivity contribution in [1.29, 1.82) is 0 Å². The number of hydrogen-bond acceptors (Lipinski definition) is 1. The molecule has 4 heteroatoms. The molecule has 0 bridgehead atoms. The Balaban J connectivity index is 1.89. The molecule has 2 aromatic rings. The number of nitrogens with one attached hydrogen (secondary N) is 2. The predicted octanol–water partition coefficient (Wildman–Crippen LogP) is 3.62. The van der Waals surface area contributed by atoms with Crippen molar-refractivity contribution in [2.75, 3.05) is 5.32 Å². The molecule has 2 aromatic carbocycles. The van der Waals surface area contributed by atoms with Gasteiger partial charge in [0.1, 0.15) is 5.82 Å². The fourth-order valence-electron chi connectivity index (χ4n) is 1.51. The lowest BCUT2D eigenvalue weighted by atomic mass is 10.2. The Bertz CT molecular complexity index is 582. The molecule has 0 heterocycles. The number of rotatable bonds is 3. The van der Waals surface area contributed by atoms with Crippen LogP contribution in [0.5, 0.6) is 0 Å². The molecule has 2 N–H and O–H groups in total. The number of amides is 2. The molecule has 0 saturated heterocycles. The highest BCUT2D eigenvalue weighted by molar-refractivity contribution is 5.90. The zero-order valence-electron chi connectivity index (χ0n) is 10.1. The van der Waals surface area contributed by atoms with E-state index in [9.17, 15) is 9.18 Å². The van der Waals surface area contributed by atoms with E-state index in [1.165, 1.54) is 18.3 Å². The molecule has 0 aliphatic carbocycles. The van der Waals surface area contributed by atoms with Crippen molar-refractivity contribution in [2.24, 2.45) is 0 Å². The molecule has 19 heavy (non-hydrogen) atoms. The summed E-state index contributed by atoms with van der Waals surface area (Å²) in [7, 11) is 0. The van der Waals surface area contributed by atoms with Gasteiger partial charge in [0.05, 0.1) is 0 Å². The Labute approximate surface area is 110 Å². The largest absolute Gasteiger partial charge is 0.323 e. The minimum Gasteiger partial charge on any atom is -0.314 e. The Morgan fingerprint density at radius 3 is 2.42 bits per heavy atom. The molecule has 0 aromatic heterocycles. The molecule has 0 aliphatic rings. The second-order valence-electron chi connectivity index (χ2n) is 3.82. The van der Waals surface area contributed by atoms with Gasteiger partial charge in [0.25, 0.3) is 0 Å². The number of carbonyl (C=O) groups excluding carboxylic acids is 1. The molecule has 0 aliphatic heterocycles. The lowest BCUT2D eigenvalue weighted by molar-refractivity contribution is 0.255. The smallest absolute Gasteiger partial charge is 0.314 e. The van der Waals surface area contributed by atoms with Crippen LogP contribution in [0.4, 0.5) is 14.9 Å². The summed E-state index contributed by atoms with van der Waals surface area (Å²) in [5.41, 5.74) is 1.11. The summed E-state index contributed by atoms with van der Waals surface area (Å²) >= 11 is 0. The van der Waals surface area contributed by atoms with Crippen molar-refractivity contribution in [2.45, 2.75) is 0 Å². The predicted molar refractivity (Wildman–Crippen MR) is 74.0 cm³/mol. The molecule has 3 nitrogen and oxygen atoms in total. The highest BCUT2D eigenvalue weighted by atomic mass is 19.1. The van der Waals surface area contributed by atoms with Crippen LogP contribution < -0.4 is 10.6 Å². The standard InChI is InChI=1S/C15H13FN2O/c16-14-9-5-4-6-12(14)10-11-17-15(19)18-13-7-2-1-3-8-13/h1-11H,(H2,17,18,19)/b11-10+. The van der Waals surface area contributed by atoms with Gasteiger partial charge < -0.3 is 10.6 Å². The van der Waals surface area contributed by atoms with Gasteiger partial charge in [-0.15, -0.1) is 0 Å². The number of hydrogen-bond donors (Lipinski definition) is 2. The van der Waals surface area contributed by atoms with Gasteiger partial charge in [-0.2, -0.15) is 0 Å². The summed E-state index contributed by atoms with van der Waals surface area (Å²) in [5, 5.41) is 5.16. The number of benzene rings is 2. The minimum atomic E-state index is -0.376. The van der Waals surface area contributed by atoms with Gasteiger partial charge >= 0.3 is 6.03 Å². The Morgan fingerprint density at radius 2 is 1.68 bits per heavy atom. The molecule has 0 spiro atoms. The summed E-state index contributed by atoms with van der Waals surface area (Å²) < 4.78 is 13.3. The summed E-state index contributed by atoms with van der Waals surface area (Å²) in [4.78, 5) is 11.5. The number of para-hydroxylation sites is 1. The van der Waals surface area contributed by atoms with Gasteiger partial charge in [-0.1, -0.05) is 36.4 Å². The maximum absolute atomic E-state index is 13.3.